The molecule has 0 saturated heterocycles. The second-order valence-electron chi connectivity index (χ2n) is 3.58. The Morgan fingerprint density at radius 2 is 2.21 bits per heavy atom. The largest absolute Gasteiger partial charge is 0.478 e. The summed E-state index contributed by atoms with van der Waals surface area (Å²) in [7, 11) is 0. The first-order valence-corrected chi connectivity index (χ1v) is 4.62. The van der Waals surface area contributed by atoms with Gasteiger partial charge in [-0.05, 0) is 31.7 Å². The molecule has 1 aromatic heterocycles. The van der Waals surface area contributed by atoms with Crippen LogP contribution in [0.3, 0.4) is 0 Å². The maximum Gasteiger partial charge on any atom is 0.336 e. The number of anilines is 1. The van der Waals surface area contributed by atoms with Crippen LogP contribution in [0, 0.1) is 6.92 Å². The van der Waals surface area contributed by atoms with Gasteiger partial charge in [-0.2, -0.15) is 0 Å². The third-order valence-electron chi connectivity index (χ3n) is 2.72. The van der Waals surface area contributed by atoms with Crippen LogP contribution in [0.15, 0.2) is 0 Å². The van der Waals surface area contributed by atoms with Gasteiger partial charge in [-0.1, -0.05) is 0 Å². The highest BCUT2D eigenvalue weighted by Crippen LogP contribution is 2.28. The second-order valence-corrected chi connectivity index (χ2v) is 3.58. The van der Waals surface area contributed by atoms with E-state index in [-0.39, 0.29) is 0 Å². The third kappa shape index (κ3) is 1.14. The van der Waals surface area contributed by atoms with Gasteiger partial charge < -0.3 is 10.8 Å². The van der Waals surface area contributed by atoms with Crippen molar-refractivity contribution >= 4 is 11.8 Å². The Bertz CT molecular complexity index is 413. The van der Waals surface area contributed by atoms with Crippen LogP contribution in [-0.2, 0) is 12.8 Å². The number of carboxylic acid groups (broad SMARTS) is 1. The fourth-order valence-corrected chi connectivity index (χ4v) is 1.99. The van der Waals surface area contributed by atoms with E-state index in [0.29, 0.717) is 16.9 Å². The van der Waals surface area contributed by atoms with Gasteiger partial charge in [0.2, 0.25) is 0 Å². The number of nitrogens with zero attached hydrogens (tertiary/aromatic N) is 1. The summed E-state index contributed by atoms with van der Waals surface area (Å²) < 4.78 is 0. The Labute approximate surface area is 81.8 Å². The molecule has 4 nitrogen and oxygen atoms in total. The van der Waals surface area contributed by atoms with Crippen LogP contribution in [-0.4, -0.2) is 16.1 Å². The monoisotopic (exact) mass is 192 g/mol. The molecule has 4 heteroatoms. The fourth-order valence-electron chi connectivity index (χ4n) is 1.99. The molecule has 0 aromatic carbocycles. The average Bonchev–Trinajstić information content (AvgIpc) is 2.52. The van der Waals surface area contributed by atoms with Gasteiger partial charge in [0, 0.05) is 11.3 Å². The standard InChI is InChI=1S/C10H12N2O2/c1-5-8(10(13)14)6-3-2-4-7(6)12-9(5)11/h2-4H2,1H3,(H2,11,12)(H,13,14). The molecule has 1 aromatic rings. The SMILES string of the molecule is Cc1c(N)nc2c(c1C(=O)O)CCC2. The van der Waals surface area contributed by atoms with Crippen molar-refractivity contribution in [1.29, 1.82) is 0 Å². The summed E-state index contributed by atoms with van der Waals surface area (Å²) in [6.07, 6.45) is 2.64. The molecule has 14 heavy (non-hydrogen) atoms. The minimum absolute atomic E-state index is 0.350. The summed E-state index contributed by atoms with van der Waals surface area (Å²) in [5.74, 6) is -0.544. The zero-order valence-electron chi connectivity index (χ0n) is 8.00. The van der Waals surface area contributed by atoms with Crippen LogP contribution >= 0.6 is 0 Å². The van der Waals surface area contributed by atoms with Crippen molar-refractivity contribution in [2.75, 3.05) is 5.73 Å². The van der Waals surface area contributed by atoms with E-state index < -0.39 is 5.97 Å². The maximum atomic E-state index is 11.1. The van der Waals surface area contributed by atoms with Crippen molar-refractivity contribution < 1.29 is 9.90 Å². The summed E-state index contributed by atoms with van der Waals surface area (Å²) in [4.78, 5) is 15.3. The molecule has 0 amide bonds. The first-order valence-electron chi connectivity index (χ1n) is 4.62. The molecule has 74 valence electrons. The average molecular weight is 192 g/mol. The molecule has 1 aliphatic rings. The number of rotatable bonds is 1. The number of hydrogen-bond acceptors (Lipinski definition) is 3. The van der Waals surface area contributed by atoms with Crippen LogP contribution in [0.5, 0.6) is 0 Å². The van der Waals surface area contributed by atoms with E-state index in [9.17, 15) is 4.79 Å². The molecular weight excluding hydrogens is 180 g/mol. The summed E-state index contributed by atoms with van der Waals surface area (Å²) in [6.45, 7) is 1.71. The maximum absolute atomic E-state index is 11.1. The molecule has 0 radical (unpaired) electrons. The number of fused-ring (bicyclic) bond motifs is 1. The number of nitrogens with two attached hydrogens (primary N) is 1. The van der Waals surface area contributed by atoms with Crippen LogP contribution < -0.4 is 5.73 Å². The van der Waals surface area contributed by atoms with Gasteiger partial charge in [-0.15, -0.1) is 0 Å². The van der Waals surface area contributed by atoms with Gasteiger partial charge in [0.15, 0.2) is 0 Å². The van der Waals surface area contributed by atoms with Gasteiger partial charge in [0.05, 0.1) is 5.56 Å². The first kappa shape index (κ1) is 8.99. The molecule has 0 aliphatic heterocycles. The molecule has 1 aliphatic carbocycles. The number of aromatic carboxylic acids is 1. The minimum atomic E-state index is -0.894. The lowest BCUT2D eigenvalue weighted by Crippen LogP contribution is -2.10. The molecule has 0 fully saturated rings. The van der Waals surface area contributed by atoms with Gasteiger partial charge in [-0.25, -0.2) is 9.78 Å². The molecule has 0 spiro atoms. The van der Waals surface area contributed by atoms with Crippen molar-refractivity contribution in [2.24, 2.45) is 0 Å². The second kappa shape index (κ2) is 2.97. The van der Waals surface area contributed by atoms with Crippen molar-refractivity contribution in [3.63, 3.8) is 0 Å². The first-order chi connectivity index (χ1) is 6.61. The Hall–Kier alpha value is -1.58. The van der Waals surface area contributed by atoms with E-state index in [1.807, 2.05) is 0 Å². The van der Waals surface area contributed by atoms with E-state index in [1.54, 1.807) is 6.92 Å². The third-order valence-corrected chi connectivity index (χ3v) is 2.72. The topological polar surface area (TPSA) is 76.2 Å². The van der Waals surface area contributed by atoms with E-state index in [4.69, 9.17) is 10.8 Å². The van der Waals surface area contributed by atoms with Crippen LogP contribution in [0.2, 0.25) is 0 Å². The molecule has 0 bridgehead atoms. The van der Waals surface area contributed by atoms with Gasteiger partial charge in [-0.3, -0.25) is 0 Å². The lowest BCUT2D eigenvalue weighted by atomic mass is 10.0. The van der Waals surface area contributed by atoms with Crippen molar-refractivity contribution in [3.8, 4) is 0 Å². The summed E-state index contributed by atoms with van der Waals surface area (Å²) in [6, 6.07) is 0. The summed E-state index contributed by atoms with van der Waals surface area (Å²) in [5.41, 5.74) is 8.36. The van der Waals surface area contributed by atoms with Crippen LogP contribution in [0.4, 0.5) is 5.82 Å². The smallest absolute Gasteiger partial charge is 0.336 e. The van der Waals surface area contributed by atoms with E-state index in [0.717, 1.165) is 30.5 Å². The van der Waals surface area contributed by atoms with Crippen molar-refractivity contribution in [1.82, 2.24) is 4.98 Å². The lowest BCUT2D eigenvalue weighted by Gasteiger charge is -2.09. The summed E-state index contributed by atoms with van der Waals surface area (Å²) >= 11 is 0. The van der Waals surface area contributed by atoms with Crippen LogP contribution in [0.25, 0.3) is 0 Å². The highest BCUT2D eigenvalue weighted by molar-refractivity contribution is 5.92. The number of hydrogen-bond donors (Lipinski definition) is 2. The Kier molecular flexibility index (Phi) is 1.91. The predicted octanol–water partition coefficient (Wildman–Crippen LogP) is 1.16. The zero-order valence-corrected chi connectivity index (χ0v) is 8.00. The number of pyridine rings is 1. The molecule has 3 N–H and O–H groups in total. The Morgan fingerprint density at radius 1 is 1.50 bits per heavy atom. The molecule has 0 unspecified atom stereocenters. The normalized spacial score (nSPS) is 14.1. The van der Waals surface area contributed by atoms with E-state index in [1.165, 1.54) is 0 Å². The van der Waals surface area contributed by atoms with Crippen LogP contribution in [0.1, 0.15) is 33.6 Å². The number of carbonyl (C=O) groups is 1. The molecular formula is C10H12N2O2. The lowest BCUT2D eigenvalue weighted by molar-refractivity contribution is 0.0695. The molecule has 0 saturated carbocycles. The molecule has 1 heterocycles. The fraction of sp³-hybridized carbons (Fsp3) is 0.400. The number of nitrogen functional groups attached to an aromatic ring is 1. The van der Waals surface area contributed by atoms with E-state index in [2.05, 4.69) is 4.98 Å². The quantitative estimate of drug-likeness (QED) is 0.700. The van der Waals surface area contributed by atoms with Crippen molar-refractivity contribution in [2.45, 2.75) is 26.2 Å². The summed E-state index contributed by atoms with van der Waals surface area (Å²) in [5, 5.41) is 9.07. The number of carboxylic acids is 1. The highest BCUT2D eigenvalue weighted by atomic mass is 16.4. The molecule has 2 rings (SSSR count). The highest BCUT2D eigenvalue weighted by Gasteiger charge is 2.23. The minimum Gasteiger partial charge on any atom is -0.478 e. The number of aromatic nitrogens is 1. The Balaban J connectivity index is 2.72. The van der Waals surface area contributed by atoms with Gasteiger partial charge >= 0.3 is 5.97 Å². The predicted molar refractivity (Wildman–Crippen MR) is 52.4 cm³/mol. The van der Waals surface area contributed by atoms with Gasteiger partial charge in [0.25, 0.3) is 0 Å². The van der Waals surface area contributed by atoms with Crippen molar-refractivity contribution in [3.05, 3.63) is 22.4 Å². The number of aryl methyl sites for hydroxylation is 1. The molecule has 0 atom stereocenters. The van der Waals surface area contributed by atoms with Gasteiger partial charge in [0.1, 0.15) is 5.82 Å². The zero-order chi connectivity index (χ0) is 10.3. The van der Waals surface area contributed by atoms with E-state index >= 15 is 0 Å². The Morgan fingerprint density at radius 3 is 2.86 bits per heavy atom.